The molecule has 34 heavy (non-hydrogen) atoms. The molecule has 0 aliphatic heterocycles. The van der Waals surface area contributed by atoms with Crippen molar-refractivity contribution in [1.29, 1.82) is 0 Å². The molecule has 0 aliphatic rings. The molecule has 0 fully saturated rings. The van der Waals surface area contributed by atoms with Gasteiger partial charge in [0.2, 0.25) is 0 Å². The number of benzene rings is 3. The minimum Gasteiger partial charge on any atom is -0.399 e. The molecular weight excluding hydrogens is 540 g/mol. The average Bonchev–Trinajstić information content (AvgIpc) is 2.64. The molecule has 0 aliphatic carbocycles. The summed E-state index contributed by atoms with van der Waals surface area (Å²) < 4.78 is 123. The first-order valence-corrected chi connectivity index (χ1v) is 14.1. The van der Waals surface area contributed by atoms with Crippen molar-refractivity contribution in [2.75, 3.05) is 11.5 Å². The van der Waals surface area contributed by atoms with E-state index in [9.17, 15) is 33.7 Å². The molecule has 0 aromatic heterocycles. The second kappa shape index (κ2) is 9.07. The average molecular weight is 557 g/mol. The molecule has 0 spiro atoms. The van der Waals surface area contributed by atoms with Gasteiger partial charge in [0, 0.05) is 16.5 Å². The first kappa shape index (κ1) is 27.4. The summed E-state index contributed by atoms with van der Waals surface area (Å²) in [5, 5.41) is -0.135. The minimum absolute atomic E-state index is 0.0492. The number of nitrogens with two attached hydrogens (primary N) is 2. The molecule has 0 atom stereocenters. The predicted molar refractivity (Wildman–Crippen MR) is 118 cm³/mol. The molecule has 0 saturated carbocycles. The molecule has 0 bridgehead atoms. The molecule has 0 heterocycles. The molecular formula is C16H16N2O12S4. The van der Waals surface area contributed by atoms with E-state index in [1.165, 1.54) is 18.2 Å². The molecule has 0 saturated heterocycles. The van der Waals surface area contributed by atoms with E-state index in [1.54, 1.807) is 0 Å². The summed E-state index contributed by atoms with van der Waals surface area (Å²) in [6, 6.07) is 8.19. The topological polar surface area (TPSA) is 270 Å². The van der Waals surface area contributed by atoms with Crippen LogP contribution in [0.15, 0.2) is 68.1 Å². The van der Waals surface area contributed by atoms with Crippen molar-refractivity contribution in [3.05, 3.63) is 48.5 Å². The molecule has 0 radical (unpaired) electrons. The predicted octanol–water partition coefficient (Wildman–Crippen LogP) is 0.678. The van der Waals surface area contributed by atoms with Crippen molar-refractivity contribution in [2.45, 2.75) is 19.6 Å². The van der Waals surface area contributed by atoms with E-state index in [1.807, 2.05) is 0 Å². The van der Waals surface area contributed by atoms with Crippen LogP contribution in [0.1, 0.15) is 0 Å². The Morgan fingerprint density at radius 1 is 0.529 bits per heavy atom. The van der Waals surface area contributed by atoms with Crippen LogP contribution < -0.4 is 11.5 Å². The van der Waals surface area contributed by atoms with Gasteiger partial charge in [0.25, 0.3) is 40.5 Å². The molecule has 3 aromatic carbocycles. The van der Waals surface area contributed by atoms with E-state index in [0.717, 1.165) is 30.3 Å². The van der Waals surface area contributed by atoms with Gasteiger partial charge >= 0.3 is 0 Å². The van der Waals surface area contributed by atoms with Crippen LogP contribution in [0.25, 0.3) is 10.8 Å². The fourth-order valence-corrected chi connectivity index (χ4v) is 5.26. The number of rotatable bonds is 4. The summed E-state index contributed by atoms with van der Waals surface area (Å²) in [7, 11) is -18.1. The monoisotopic (exact) mass is 556 g/mol. The lowest BCUT2D eigenvalue weighted by Gasteiger charge is -2.08. The van der Waals surface area contributed by atoms with Gasteiger partial charge in [-0.05, 0) is 36.4 Å². The minimum atomic E-state index is -4.57. The van der Waals surface area contributed by atoms with Gasteiger partial charge in [-0.25, -0.2) is 0 Å². The van der Waals surface area contributed by atoms with Crippen LogP contribution in [0.5, 0.6) is 0 Å². The number of fused-ring (bicyclic) bond motifs is 1. The number of nitrogen functional groups attached to an aromatic ring is 2. The highest BCUT2D eigenvalue weighted by molar-refractivity contribution is 7.87. The second-order valence-electron chi connectivity index (χ2n) is 6.47. The molecule has 3 aromatic rings. The Morgan fingerprint density at radius 2 is 1.06 bits per heavy atom. The number of hydrogen-bond donors (Lipinski definition) is 6. The second-order valence-corrected chi connectivity index (χ2v) is 12.1. The summed E-state index contributed by atoms with van der Waals surface area (Å²) in [5.74, 6) is 0. The number of hydrogen-bond acceptors (Lipinski definition) is 10. The van der Waals surface area contributed by atoms with Gasteiger partial charge in [0.15, 0.2) is 0 Å². The van der Waals surface area contributed by atoms with E-state index in [0.29, 0.717) is 0 Å². The lowest BCUT2D eigenvalue weighted by Crippen LogP contribution is -2.05. The molecule has 14 nitrogen and oxygen atoms in total. The van der Waals surface area contributed by atoms with E-state index in [-0.39, 0.29) is 16.5 Å². The van der Waals surface area contributed by atoms with Crippen LogP contribution in [0.3, 0.4) is 0 Å². The highest BCUT2D eigenvalue weighted by Gasteiger charge is 2.20. The third-order valence-electron chi connectivity index (χ3n) is 4.05. The van der Waals surface area contributed by atoms with Gasteiger partial charge < -0.3 is 11.5 Å². The van der Waals surface area contributed by atoms with E-state index >= 15 is 0 Å². The zero-order valence-electron chi connectivity index (χ0n) is 16.5. The summed E-state index contributed by atoms with van der Waals surface area (Å²) in [4.78, 5) is -2.17. The molecule has 0 unspecified atom stereocenters. The normalized spacial score (nSPS) is 12.7. The zero-order chi connectivity index (χ0) is 26.3. The highest BCUT2D eigenvalue weighted by Crippen LogP contribution is 2.30. The van der Waals surface area contributed by atoms with Gasteiger partial charge in [0.05, 0.1) is 10.6 Å². The van der Waals surface area contributed by atoms with Gasteiger partial charge in [0.1, 0.15) is 14.7 Å². The van der Waals surface area contributed by atoms with Gasteiger partial charge in [-0.2, -0.15) is 33.7 Å². The Labute approximate surface area is 193 Å². The Hall–Kier alpha value is -2.84. The third kappa shape index (κ3) is 6.39. The maximum Gasteiger partial charge on any atom is 0.296 e. The van der Waals surface area contributed by atoms with Crippen LogP contribution >= 0.6 is 0 Å². The van der Waals surface area contributed by atoms with E-state index < -0.39 is 65.7 Å². The first-order chi connectivity index (χ1) is 15.2. The van der Waals surface area contributed by atoms with Crippen LogP contribution in [-0.4, -0.2) is 51.9 Å². The van der Waals surface area contributed by atoms with Crippen LogP contribution in [-0.2, 0) is 40.5 Å². The molecule has 0 amide bonds. The summed E-state index contributed by atoms with van der Waals surface area (Å²) in [6.45, 7) is 0. The molecule has 186 valence electrons. The first-order valence-electron chi connectivity index (χ1n) is 8.34. The Kier molecular flexibility index (Phi) is 7.31. The van der Waals surface area contributed by atoms with Crippen LogP contribution in [0, 0.1) is 0 Å². The van der Waals surface area contributed by atoms with Crippen LogP contribution in [0.2, 0.25) is 0 Å². The Balaban J connectivity index is 0.000000248. The fourth-order valence-electron chi connectivity index (χ4n) is 2.71. The third-order valence-corrected chi connectivity index (χ3v) is 7.64. The number of anilines is 2. The lowest BCUT2D eigenvalue weighted by atomic mass is 10.1. The van der Waals surface area contributed by atoms with Crippen molar-refractivity contribution in [1.82, 2.24) is 0 Å². The van der Waals surface area contributed by atoms with E-state index in [4.69, 9.17) is 29.7 Å². The van der Waals surface area contributed by atoms with E-state index in [2.05, 4.69) is 0 Å². The maximum atomic E-state index is 11.2. The molecule has 3 rings (SSSR count). The van der Waals surface area contributed by atoms with Gasteiger partial charge in [-0.15, -0.1) is 0 Å². The summed E-state index contributed by atoms with van der Waals surface area (Å²) >= 11 is 0. The van der Waals surface area contributed by atoms with Crippen molar-refractivity contribution in [3.8, 4) is 0 Å². The van der Waals surface area contributed by atoms with Crippen molar-refractivity contribution < 1.29 is 51.9 Å². The van der Waals surface area contributed by atoms with Gasteiger partial charge in [-0.1, -0.05) is 12.1 Å². The summed E-state index contributed by atoms with van der Waals surface area (Å²) in [6.07, 6.45) is 0. The Bertz CT molecular complexity index is 1710. The highest BCUT2D eigenvalue weighted by atomic mass is 32.2. The Morgan fingerprint density at radius 3 is 1.50 bits per heavy atom. The lowest BCUT2D eigenvalue weighted by molar-refractivity contribution is 0.479. The zero-order valence-corrected chi connectivity index (χ0v) is 19.7. The smallest absolute Gasteiger partial charge is 0.296 e. The molecule has 18 heteroatoms. The van der Waals surface area contributed by atoms with Crippen molar-refractivity contribution in [3.63, 3.8) is 0 Å². The van der Waals surface area contributed by atoms with Crippen molar-refractivity contribution >= 4 is 62.6 Å². The summed E-state index contributed by atoms with van der Waals surface area (Å²) in [5.41, 5.74) is 10.1. The van der Waals surface area contributed by atoms with Gasteiger partial charge in [-0.3, -0.25) is 18.2 Å². The SMILES string of the molecule is Nc1cc(S(=O)(=O)O)c2cccc(S(=O)(=O)O)c2c1.Nc1cc(S(=O)(=O)O)ccc1S(=O)(=O)O. The quantitative estimate of drug-likeness (QED) is 0.190. The molecule has 8 N–H and O–H groups in total. The maximum absolute atomic E-state index is 11.2. The largest absolute Gasteiger partial charge is 0.399 e. The fraction of sp³-hybridized carbons (Fsp3) is 0. The van der Waals surface area contributed by atoms with Crippen LogP contribution in [0.4, 0.5) is 11.4 Å². The standard InChI is InChI=1S/C10H9NO6S2.C6H7NO6S2/c11-6-4-8-7(10(5-6)19(15,16)17)2-1-3-9(8)18(12,13)14;7-5-3-4(14(8,9)10)1-2-6(5)15(11,12)13/h1-5H,11H2,(H,12,13,14)(H,15,16,17);1-3H,7H2,(H,8,9,10)(H,11,12,13). The van der Waals surface area contributed by atoms with Crippen molar-refractivity contribution in [2.24, 2.45) is 0 Å².